The molecular weight excluding hydrogens is 250 g/mol. The van der Waals surface area contributed by atoms with Gasteiger partial charge in [0, 0.05) is 24.7 Å². The Kier molecular flexibility index (Phi) is 3.64. The van der Waals surface area contributed by atoms with Crippen LogP contribution in [0.5, 0.6) is 0 Å². The van der Waals surface area contributed by atoms with Gasteiger partial charge in [0.15, 0.2) is 0 Å². The summed E-state index contributed by atoms with van der Waals surface area (Å²) in [6.07, 6.45) is 11.7. The van der Waals surface area contributed by atoms with Gasteiger partial charge in [-0.05, 0) is 44.6 Å². The third-order valence-electron chi connectivity index (χ3n) is 4.66. The quantitative estimate of drug-likeness (QED) is 0.791. The molecule has 0 radical (unpaired) electrons. The normalized spacial score (nSPS) is 28.6. The van der Waals surface area contributed by atoms with Gasteiger partial charge in [-0.1, -0.05) is 6.08 Å². The SMILES string of the molecule is C=CCCC(=O)N1C2CCC1CC(n1cc(C)cn1)C2. The van der Waals surface area contributed by atoms with Crippen LogP contribution in [-0.4, -0.2) is 32.7 Å². The molecule has 2 saturated heterocycles. The van der Waals surface area contributed by atoms with Gasteiger partial charge in [-0.2, -0.15) is 5.10 Å². The second-order valence-corrected chi connectivity index (χ2v) is 6.14. The van der Waals surface area contributed by atoms with Crippen LogP contribution in [0.3, 0.4) is 0 Å². The predicted octanol–water partition coefficient (Wildman–Crippen LogP) is 2.85. The van der Waals surface area contributed by atoms with Crippen LogP contribution in [0.2, 0.25) is 0 Å². The first-order valence-electron chi connectivity index (χ1n) is 7.62. The molecule has 1 aromatic rings. The summed E-state index contributed by atoms with van der Waals surface area (Å²) in [5.41, 5.74) is 1.21. The minimum absolute atomic E-state index is 0.312. The standard InChI is InChI=1S/C16H23N3O/c1-3-4-5-16(20)19-13-6-7-14(19)9-15(8-13)18-11-12(2)10-17-18/h3,10-11,13-15H,1,4-9H2,2H3. The van der Waals surface area contributed by atoms with Gasteiger partial charge in [-0.3, -0.25) is 9.48 Å². The number of fused-ring (bicyclic) bond motifs is 2. The lowest BCUT2D eigenvalue weighted by atomic mass is 9.97. The molecule has 0 spiro atoms. The second kappa shape index (κ2) is 5.43. The van der Waals surface area contributed by atoms with Gasteiger partial charge in [0.1, 0.15) is 0 Å². The average molecular weight is 273 g/mol. The highest BCUT2D eigenvalue weighted by molar-refractivity contribution is 5.77. The maximum Gasteiger partial charge on any atom is 0.223 e. The summed E-state index contributed by atoms with van der Waals surface area (Å²) < 4.78 is 2.10. The Morgan fingerprint density at radius 2 is 2.10 bits per heavy atom. The van der Waals surface area contributed by atoms with Crippen LogP contribution in [0, 0.1) is 6.92 Å². The molecule has 2 atom stereocenters. The van der Waals surface area contributed by atoms with Crippen LogP contribution < -0.4 is 0 Å². The maximum absolute atomic E-state index is 12.3. The van der Waals surface area contributed by atoms with E-state index < -0.39 is 0 Å². The number of aryl methyl sites for hydroxylation is 1. The molecule has 1 aromatic heterocycles. The number of carbonyl (C=O) groups excluding carboxylic acids is 1. The molecule has 4 heteroatoms. The van der Waals surface area contributed by atoms with Gasteiger partial charge in [-0.15, -0.1) is 6.58 Å². The zero-order valence-electron chi connectivity index (χ0n) is 12.2. The molecule has 3 rings (SSSR count). The lowest BCUT2D eigenvalue weighted by Gasteiger charge is -2.39. The fraction of sp³-hybridized carbons (Fsp3) is 0.625. The lowest BCUT2D eigenvalue weighted by Crippen LogP contribution is -2.46. The summed E-state index contributed by atoms with van der Waals surface area (Å²) in [4.78, 5) is 14.5. The van der Waals surface area contributed by atoms with E-state index in [-0.39, 0.29) is 0 Å². The van der Waals surface area contributed by atoms with E-state index >= 15 is 0 Å². The third kappa shape index (κ3) is 2.39. The summed E-state index contributed by atoms with van der Waals surface area (Å²) in [7, 11) is 0. The summed E-state index contributed by atoms with van der Waals surface area (Å²) in [6, 6.07) is 1.30. The zero-order valence-corrected chi connectivity index (χ0v) is 12.2. The van der Waals surface area contributed by atoms with Gasteiger partial charge >= 0.3 is 0 Å². The van der Waals surface area contributed by atoms with Crippen LogP contribution in [0.25, 0.3) is 0 Å². The molecule has 2 unspecified atom stereocenters. The van der Waals surface area contributed by atoms with Crippen LogP contribution in [0.4, 0.5) is 0 Å². The first-order valence-corrected chi connectivity index (χ1v) is 7.62. The van der Waals surface area contributed by atoms with Crippen molar-refractivity contribution in [3.63, 3.8) is 0 Å². The topological polar surface area (TPSA) is 38.1 Å². The molecule has 0 saturated carbocycles. The van der Waals surface area contributed by atoms with Crippen molar-refractivity contribution in [1.29, 1.82) is 0 Å². The van der Waals surface area contributed by atoms with E-state index in [1.807, 2.05) is 12.3 Å². The molecule has 2 bridgehead atoms. The van der Waals surface area contributed by atoms with Gasteiger partial charge in [0.25, 0.3) is 0 Å². The molecule has 0 N–H and O–H groups in total. The van der Waals surface area contributed by atoms with E-state index in [9.17, 15) is 4.79 Å². The fourth-order valence-electron chi connectivity index (χ4n) is 3.76. The number of amides is 1. The monoisotopic (exact) mass is 273 g/mol. The first kappa shape index (κ1) is 13.4. The first-order chi connectivity index (χ1) is 9.69. The van der Waals surface area contributed by atoms with Crippen molar-refractivity contribution in [2.75, 3.05) is 0 Å². The average Bonchev–Trinajstić information content (AvgIpc) is 2.98. The summed E-state index contributed by atoms with van der Waals surface area (Å²) in [6.45, 7) is 5.78. The molecule has 3 heterocycles. The molecule has 20 heavy (non-hydrogen) atoms. The van der Waals surface area contributed by atoms with Crippen molar-refractivity contribution in [3.8, 4) is 0 Å². The van der Waals surface area contributed by atoms with E-state index in [4.69, 9.17) is 0 Å². The van der Waals surface area contributed by atoms with Gasteiger partial charge in [0.05, 0.1) is 12.2 Å². The van der Waals surface area contributed by atoms with Crippen molar-refractivity contribution < 1.29 is 4.79 Å². The van der Waals surface area contributed by atoms with Crippen molar-refractivity contribution >= 4 is 5.91 Å². The second-order valence-electron chi connectivity index (χ2n) is 6.14. The van der Waals surface area contributed by atoms with Gasteiger partial charge in [0.2, 0.25) is 5.91 Å². The Bertz CT molecular complexity index is 494. The lowest BCUT2D eigenvalue weighted by molar-refractivity contribution is -0.136. The molecule has 2 aliphatic rings. The van der Waals surface area contributed by atoms with Crippen molar-refractivity contribution in [2.45, 2.75) is 63.6 Å². The molecule has 2 fully saturated rings. The van der Waals surface area contributed by atoms with E-state index in [0.717, 1.165) is 32.1 Å². The Labute approximate surface area is 120 Å². The summed E-state index contributed by atoms with van der Waals surface area (Å²) in [5, 5.41) is 4.46. The number of aromatic nitrogens is 2. The van der Waals surface area contributed by atoms with Crippen LogP contribution in [0.15, 0.2) is 25.0 Å². The number of rotatable bonds is 4. The summed E-state index contributed by atoms with van der Waals surface area (Å²) >= 11 is 0. The minimum Gasteiger partial charge on any atom is -0.337 e. The molecule has 4 nitrogen and oxygen atoms in total. The number of allylic oxidation sites excluding steroid dienone is 1. The van der Waals surface area contributed by atoms with E-state index in [0.29, 0.717) is 30.5 Å². The van der Waals surface area contributed by atoms with Crippen molar-refractivity contribution in [3.05, 3.63) is 30.6 Å². The van der Waals surface area contributed by atoms with E-state index in [2.05, 4.69) is 34.4 Å². The van der Waals surface area contributed by atoms with Gasteiger partial charge < -0.3 is 4.90 Å². The maximum atomic E-state index is 12.3. The Morgan fingerprint density at radius 3 is 2.65 bits per heavy atom. The molecule has 0 aromatic carbocycles. The number of carbonyl (C=O) groups is 1. The smallest absolute Gasteiger partial charge is 0.223 e. The molecule has 1 amide bonds. The number of nitrogens with zero attached hydrogens (tertiary/aromatic N) is 3. The highest BCUT2D eigenvalue weighted by Crippen LogP contribution is 2.41. The zero-order chi connectivity index (χ0) is 14.1. The molecule has 108 valence electrons. The van der Waals surface area contributed by atoms with Crippen LogP contribution in [0.1, 0.15) is 50.1 Å². The van der Waals surface area contributed by atoms with Crippen LogP contribution in [-0.2, 0) is 4.79 Å². The Hall–Kier alpha value is -1.58. The molecular formula is C16H23N3O. The van der Waals surface area contributed by atoms with Gasteiger partial charge in [-0.25, -0.2) is 0 Å². The highest BCUT2D eigenvalue weighted by atomic mass is 16.2. The molecule has 2 aliphatic heterocycles. The fourth-order valence-corrected chi connectivity index (χ4v) is 3.76. The van der Waals surface area contributed by atoms with E-state index in [1.165, 1.54) is 5.56 Å². The third-order valence-corrected chi connectivity index (χ3v) is 4.66. The van der Waals surface area contributed by atoms with Crippen molar-refractivity contribution in [2.24, 2.45) is 0 Å². The number of hydrogen-bond acceptors (Lipinski definition) is 2. The largest absolute Gasteiger partial charge is 0.337 e. The number of piperidine rings is 1. The molecule has 0 aliphatic carbocycles. The highest BCUT2D eigenvalue weighted by Gasteiger charge is 2.43. The minimum atomic E-state index is 0.312. The summed E-state index contributed by atoms with van der Waals surface area (Å²) in [5.74, 6) is 0.312. The Morgan fingerprint density at radius 1 is 1.40 bits per heavy atom. The predicted molar refractivity (Wildman–Crippen MR) is 78.3 cm³/mol. The van der Waals surface area contributed by atoms with Crippen LogP contribution >= 0.6 is 0 Å². The Balaban J connectivity index is 1.69. The van der Waals surface area contributed by atoms with E-state index in [1.54, 1.807) is 0 Å². The van der Waals surface area contributed by atoms with Crippen molar-refractivity contribution in [1.82, 2.24) is 14.7 Å². The number of hydrogen-bond donors (Lipinski definition) is 0.